The number of sulfonamides is 1. The molecule has 0 unspecified atom stereocenters. The molecule has 0 aliphatic carbocycles. The van der Waals surface area contributed by atoms with E-state index in [1.54, 1.807) is 31.3 Å². The summed E-state index contributed by atoms with van der Waals surface area (Å²) in [4.78, 5) is 14.0. The average molecular weight is 430 g/mol. The predicted octanol–water partition coefficient (Wildman–Crippen LogP) is 2.95. The first-order chi connectivity index (χ1) is 13.4. The maximum Gasteiger partial charge on any atom is 0.573 e. The number of amides is 1. The summed E-state index contributed by atoms with van der Waals surface area (Å²) in [6.45, 7) is 0.477. The van der Waals surface area contributed by atoms with Crippen molar-refractivity contribution in [3.63, 3.8) is 0 Å². The molecular formula is C19H21F3N2O4S. The number of nitrogens with zero attached hydrogens (tertiary/aromatic N) is 1. The van der Waals surface area contributed by atoms with Crippen LogP contribution >= 0.6 is 0 Å². The van der Waals surface area contributed by atoms with Crippen molar-refractivity contribution >= 4 is 15.9 Å². The summed E-state index contributed by atoms with van der Waals surface area (Å²) < 4.78 is 64.9. The zero-order chi connectivity index (χ0) is 21.7. The van der Waals surface area contributed by atoms with Crippen molar-refractivity contribution < 1.29 is 31.1 Å². The Labute approximate surface area is 167 Å². The number of alkyl halides is 3. The monoisotopic (exact) mass is 430 g/mol. The van der Waals surface area contributed by atoms with E-state index in [0.717, 1.165) is 11.8 Å². The molecule has 0 spiro atoms. The lowest BCUT2D eigenvalue weighted by atomic mass is 10.1. The number of halogens is 3. The van der Waals surface area contributed by atoms with Gasteiger partial charge in [-0.05, 0) is 41.8 Å². The molecule has 2 rings (SSSR count). The van der Waals surface area contributed by atoms with Crippen LogP contribution in [0.5, 0.6) is 5.75 Å². The molecule has 0 bridgehead atoms. The molecule has 1 amide bonds. The Hall–Kier alpha value is -2.59. The van der Waals surface area contributed by atoms with Gasteiger partial charge in [0.15, 0.2) is 0 Å². The molecule has 0 aliphatic heterocycles. The van der Waals surface area contributed by atoms with Gasteiger partial charge in [0.25, 0.3) is 5.91 Å². The van der Waals surface area contributed by atoms with Crippen LogP contribution in [0.3, 0.4) is 0 Å². The molecule has 29 heavy (non-hydrogen) atoms. The minimum Gasteiger partial charge on any atom is -0.406 e. The van der Waals surface area contributed by atoms with Crippen LogP contribution in [-0.4, -0.2) is 45.4 Å². The fourth-order valence-corrected chi connectivity index (χ4v) is 3.03. The average Bonchev–Trinajstić information content (AvgIpc) is 2.61. The van der Waals surface area contributed by atoms with Crippen LogP contribution in [0.2, 0.25) is 0 Å². The Morgan fingerprint density at radius 3 is 2.10 bits per heavy atom. The lowest BCUT2D eigenvalue weighted by Gasteiger charge is -2.18. The van der Waals surface area contributed by atoms with E-state index < -0.39 is 16.4 Å². The van der Waals surface area contributed by atoms with Gasteiger partial charge in [-0.3, -0.25) is 4.79 Å². The summed E-state index contributed by atoms with van der Waals surface area (Å²) in [7, 11) is -1.65. The van der Waals surface area contributed by atoms with Crippen molar-refractivity contribution in [3.8, 4) is 5.75 Å². The topological polar surface area (TPSA) is 75.7 Å². The highest BCUT2D eigenvalue weighted by Gasteiger charge is 2.30. The van der Waals surface area contributed by atoms with Crippen LogP contribution in [0.15, 0.2) is 48.5 Å². The number of ether oxygens (including phenoxy) is 1. The molecule has 158 valence electrons. The molecule has 0 saturated carbocycles. The Balaban J connectivity index is 1.92. The molecule has 2 aromatic carbocycles. The number of benzene rings is 2. The molecule has 0 aromatic heterocycles. The highest BCUT2D eigenvalue weighted by molar-refractivity contribution is 7.88. The molecule has 0 atom stereocenters. The lowest BCUT2D eigenvalue weighted by molar-refractivity contribution is -0.274. The van der Waals surface area contributed by atoms with E-state index in [1.807, 2.05) is 0 Å². The van der Waals surface area contributed by atoms with Crippen LogP contribution in [0, 0.1) is 0 Å². The first-order valence-corrected chi connectivity index (χ1v) is 10.5. The molecule has 0 aliphatic rings. The summed E-state index contributed by atoms with van der Waals surface area (Å²) in [6.07, 6.45) is -3.17. The third-order valence-electron chi connectivity index (χ3n) is 3.90. The smallest absolute Gasteiger partial charge is 0.406 e. The van der Waals surface area contributed by atoms with Crippen molar-refractivity contribution in [1.82, 2.24) is 9.62 Å². The van der Waals surface area contributed by atoms with Gasteiger partial charge in [0.05, 0.1) is 6.26 Å². The van der Waals surface area contributed by atoms with Crippen LogP contribution < -0.4 is 9.46 Å². The van der Waals surface area contributed by atoms with Crippen molar-refractivity contribution in [1.29, 1.82) is 0 Å². The number of carbonyl (C=O) groups excluding carboxylic acids is 1. The maximum atomic E-state index is 12.5. The van der Waals surface area contributed by atoms with E-state index in [-0.39, 0.29) is 24.7 Å². The number of carbonyl (C=O) groups is 1. The van der Waals surface area contributed by atoms with E-state index in [9.17, 15) is 26.4 Å². The largest absolute Gasteiger partial charge is 0.573 e. The molecular weight excluding hydrogens is 409 g/mol. The highest BCUT2D eigenvalue weighted by Crippen LogP contribution is 2.23. The molecule has 1 N–H and O–H groups in total. The van der Waals surface area contributed by atoms with Gasteiger partial charge in [-0.15, -0.1) is 13.2 Å². The minimum absolute atomic E-state index is 0.213. The van der Waals surface area contributed by atoms with Gasteiger partial charge in [0.1, 0.15) is 5.75 Å². The molecule has 0 fully saturated rings. The quantitative estimate of drug-likeness (QED) is 0.699. The Bertz CT molecular complexity index is 927. The van der Waals surface area contributed by atoms with Crippen molar-refractivity contribution in [3.05, 3.63) is 65.2 Å². The summed E-state index contributed by atoms with van der Waals surface area (Å²) >= 11 is 0. The van der Waals surface area contributed by atoms with Gasteiger partial charge in [-0.2, -0.15) is 0 Å². The third kappa shape index (κ3) is 8.12. The summed E-state index contributed by atoms with van der Waals surface area (Å²) in [6, 6.07) is 12.1. The van der Waals surface area contributed by atoms with E-state index in [1.165, 1.54) is 29.2 Å². The maximum absolute atomic E-state index is 12.5. The number of nitrogens with one attached hydrogen (secondary N) is 1. The van der Waals surface area contributed by atoms with E-state index >= 15 is 0 Å². The second-order valence-electron chi connectivity index (χ2n) is 6.47. The molecule has 2 aromatic rings. The van der Waals surface area contributed by atoms with E-state index in [4.69, 9.17) is 0 Å². The zero-order valence-electron chi connectivity index (χ0n) is 15.9. The number of rotatable bonds is 8. The molecule has 0 radical (unpaired) electrons. The van der Waals surface area contributed by atoms with E-state index in [2.05, 4.69) is 9.46 Å². The molecule has 10 heteroatoms. The molecule has 6 nitrogen and oxygen atoms in total. The van der Waals surface area contributed by atoms with Gasteiger partial charge in [0.2, 0.25) is 10.0 Å². The van der Waals surface area contributed by atoms with Crippen molar-refractivity contribution in [2.75, 3.05) is 19.8 Å². The normalized spacial score (nSPS) is 11.9. The highest BCUT2D eigenvalue weighted by atomic mass is 32.2. The van der Waals surface area contributed by atoms with Crippen molar-refractivity contribution in [2.45, 2.75) is 19.3 Å². The van der Waals surface area contributed by atoms with Gasteiger partial charge in [0, 0.05) is 25.7 Å². The Morgan fingerprint density at radius 2 is 1.59 bits per heavy atom. The van der Waals surface area contributed by atoms with E-state index in [0.29, 0.717) is 17.5 Å². The van der Waals surface area contributed by atoms with Crippen LogP contribution in [0.4, 0.5) is 13.2 Å². The zero-order valence-corrected chi connectivity index (χ0v) is 16.7. The Morgan fingerprint density at radius 1 is 1.03 bits per heavy atom. The Kier molecular flexibility index (Phi) is 7.26. The summed E-state index contributed by atoms with van der Waals surface area (Å²) in [5.74, 6) is -0.572. The van der Waals surface area contributed by atoms with Gasteiger partial charge in [-0.1, -0.05) is 24.3 Å². The SMILES string of the molecule is CN(Cc1ccc(OC(F)(F)F)cc1)C(=O)c1ccc(CCNS(C)(=O)=O)cc1. The van der Waals surface area contributed by atoms with Gasteiger partial charge >= 0.3 is 6.36 Å². The van der Waals surface area contributed by atoms with Gasteiger partial charge < -0.3 is 9.64 Å². The summed E-state index contributed by atoms with van der Waals surface area (Å²) in [5.41, 5.74) is 1.98. The lowest BCUT2D eigenvalue weighted by Crippen LogP contribution is -2.26. The fourth-order valence-electron chi connectivity index (χ4n) is 2.56. The molecule has 0 heterocycles. The standard InChI is InChI=1S/C19H21F3N2O4S/c1-24(13-15-5-9-17(10-6-15)28-19(20,21)22)18(25)16-7-3-14(4-8-16)11-12-23-29(2,26)27/h3-10,23H,11-13H2,1-2H3. The second-order valence-corrected chi connectivity index (χ2v) is 8.30. The first kappa shape index (κ1) is 22.7. The first-order valence-electron chi connectivity index (χ1n) is 8.57. The number of hydrogen-bond donors (Lipinski definition) is 1. The fraction of sp³-hybridized carbons (Fsp3) is 0.316. The van der Waals surface area contributed by atoms with Gasteiger partial charge in [-0.25, -0.2) is 13.1 Å². The van der Waals surface area contributed by atoms with Crippen LogP contribution in [-0.2, 0) is 23.0 Å². The summed E-state index contributed by atoms with van der Waals surface area (Å²) in [5, 5.41) is 0. The third-order valence-corrected chi connectivity index (χ3v) is 4.63. The second kappa shape index (κ2) is 9.27. The van der Waals surface area contributed by atoms with Crippen LogP contribution in [0.1, 0.15) is 21.5 Å². The van der Waals surface area contributed by atoms with Crippen molar-refractivity contribution in [2.24, 2.45) is 0 Å². The number of hydrogen-bond acceptors (Lipinski definition) is 4. The molecule has 0 saturated heterocycles. The minimum atomic E-state index is -4.75. The van der Waals surface area contributed by atoms with Crippen LogP contribution in [0.25, 0.3) is 0 Å². The predicted molar refractivity (Wildman–Crippen MR) is 102 cm³/mol.